The standard InChI is InChI=1S/C16H30N2O3/c1-6-11(4)13-16(20)18(9-10-21-8-3)14(12(5)7-2)15(19)17-13/h11-14H,6-10H2,1-5H3,(H,17,19). The molecule has 1 heterocycles. The average molecular weight is 298 g/mol. The van der Waals surface area contributed by atoms with Gasteiger partial charge in [0.2, 0.25) is 11.8 Å². The van der Waals surface area contributed by atoms with Crippen LogP contribution in [0.25, 0.3) is 0 Å². The number of piperazine rings is 1. The summed E-state index contributed by atoms with van der Waals surface area (Å²) >= 11 is 0. The zero-order valence-electron chi connectivity index (χ0n) is 14.0. The Balaban J connectivity index is 2.93. The van der Waals surface area contributed by atoms with Gasteiger partial charge in [-0.3, -0.25) is 9.59 Å². The van der Waals surface area contributed by atoms with E-state index in [-0.39, 0.29) is 29.7 Å². The Morgan fingerprint density at radius 2 is 1.76 bits per heavy atom. The second-order valence-electron chi connectivity index (χ2n) is 5.93. The first-order valence-corrected chi connectivity index (χ1v) is 8.16. The molecule has 122 valence electrons. The van der Waals surface area contributed by atoms with E-state index >= 15 is 0 Å². The molecule has 1 rings (SSSR count). The van der Waals surface area contributed by atoms with Gasteiger partial charge in [0.15, 0.2) is 0 Å². The maximum Gasteiger partial charge on any atom is 0.246 e. The molecule has 1 saturated heterocycles. The third kappa shape index (κ3) is 4.19. The predicted molar refractivity (Wildman–Crippen MR) is 82.8 cm³/mol. The van der Waals surface area contributed by atoms with Gasteiger partial charge in [-0.2, -0.15) is 0 Å². The summed E-state index contributed by atoms with van der Waals surface area (Å²) in [6.07, 6.45) is 1.73. The third-order valence-corrected chi connectivity index (χ3v) is 4.53. The Bertz CT molecular complexity index is 359. The van der Waals surface area contributed by atoms with Gasteiger partial charge in [-0.05, 0) is 18.8 Å². The van der Waals surface area contributed by atoms with Gasteiger partial charge in [0.1, 0.15) is 12.1 Å². The van der Waals surface area contributed by atoms with Gasteiger partial charge in [-0.25, -0.2) is 0 Å². The summed E-state index contributed by atoms with van der Waals surface area (Å²) in [5.41, 5.74) is 0. The molecule has 5 heteroatoms. The average Bonchev–Trinajstić information content (AvgIpc) is 2.48. The van der Waals surface area contributed by atoms with E-state index in [1.54, 1.807) is 4.90 Å². The first kappa shape index (κ1) is 18.0. The van der Waals surface area contributed by atoms with E-state index in [1.165, 1.54) is 0 Å². The van der Waals surface area contributed by atoms with E-state index in [1.807, 2.05) is 34.6 Å². The van der Waals surface area contributed by atoms with Crippen LogP contribution in [0.5, 0.6) is 0 Å². The molecule has 1 aliphatic heterocycles. The molecule has 0 aromatic rings. The molecule has 5 nitrogen and oxygen atoms in total. The van der Waals surface area contributed by atoms with Gasteiger partial charge in [0.05, 0.1) is 6.61 Å². The molecule has 0 aromatic heterocycles. The van der Waals surface area contributed by atoms with Crippen molar-refractivity contribution in [1.29, 1.82) is 0 Å². The van der Waals surface area contributed by atoms with Crippen LogP contribution in [0.3, 0.4) is 0 Å². The van der Waals surface area contributed by atoms with Crippen molar-refractivity contribution in [2.75, 3.05) is 19.8 Å². The molecule has 0 aliphatic carbocycles. The summed E-state index contributed by atoms with van der Waals surface area (Å²) in [7, 11) is 0. The van der Waals surface area contributed by atoms with Gasteiger partial charge < -0.3 is 15.0 Å². The molecule has 0 aromatic carbocycles. The lowest BCUT2D eigenvalue weighted by atomic mass is 9.89. The van der Waals surface area contributed by atoms with E-state index in [0.29, 0.717) is 19.8 Å². The largest absolute Gasteiger partial charge is 0.380 e. The van der Waals surface area contributed by atoms with Crippen LogP contribution in [0, 0.1) is 11.8 Å². The van der Waals surface area contributed by atoms with Gasteiger partial charge in [0.25, 0.3) is 0 Å². The monoisotopic (exact) mass is 298 g/mol. The first-order valence-electron chi connectivity index (χ1n) is 8.16. The van der Waals surface area contributed by atoms with Crippen LogP contribution in [0.1, 0.15) is 47.5 Å². The van der Waals surface area contributed by atoms with Crippen LogP contribution in [0.2, 0.25) is 0 Å². The second-order valence-corrected chi connectivity index (χ2v) is 5.93. The number of rotatable bonds is 8. The molecule has 1 N–H and O–H groups in total. The molecule has 0 radical (unpaired) electrons. The van der Waals surface area contributed by atoms with Gasteiger partial charge in [0, 0.05) is 13.2 Å². The molecular formula is C16H30N2O3. The topological polar surface area (TPSA) is 58.6 Å². The lowest BCUT2D eigenvalue weighted by Gasteiger charge is -2.43. The summed E-state index contributed by atoms with van der Waals surface area (Å²) in [6.45, 7) is 11.6. The van der Waals surface area contributed by atoms with Crippen molar-refractivity contribution in [2.24, 2.45) is 11.8 Å². The van der Waals surface area contributed by atoms with Crippen molar-refractivity contribution >= 4 is 11.8 Å². The molecule has 4 atom stereocenters. The Hall–Kier alpha value is -1.10. The quantitative estimate of drug-likeness (QED) is 0.695. The van der Waals surface area contributed by atoms with E-state index in [9.17, 15) is 9.59 Å². The highest BCUT2D eigenvalue weighted by Gasteiger charge is 2.43. The highest BCUT2D eigenvalue weighted by Crippen LogP contribution is 2.23. The molecule has 1 fully saturated rings. The number of carbonyl (C=O) groups is 2. The first-order chi connectivity index (χ1) is 9.97. The number of hydrogen-bond donors (Lipinski definition) is 1. The molecule has 0 saturated carbocycles. The Morgan fingerprint density at radius 3 is 2.29 bits per heavy atom. The maximum atomic E-state index is 12.8. The van der Waals surface area contributed by atoms with Gasteiger partial charge >= 0.3 is 0 Å². The summed E-state index contributed by atoms with van der Waals surface area (Å²) in [5.74, 6) is 0.307. The summed E-state index contributed by atoms with van der Waals surface area (Å²) in [5, 5.41) is 2.93. The van der Waals surface area contributed by atoms with Crippen molar-refractivity contribution in [1.82, 2.24) is 10.2 Å². The van der Waals surface area contributed by atoms with Crippen molar-refractivity contribution < 1.29 is 14.3 Å². The number of nitrogens with zero attached hydrogens (tertiary/aromatic N) is 1. The van der Waals surface area contributed by atoms with Crippen LogP contribution < -0.4 is 5.32 Å². The van der Waals surface area contributed by atoms with Crippen LogP contribution in [0.4, 0.5) is 0 Å². The highest BCUT2D eigenvalue weighted by atomic mass is 16.5. The minimum absolute atomic E-state index is 0.0225. The number of ether oxygens (including phenoxy) is 1. The molecule has 0 spiro atoms. The van der Waals surface area contributed by atoms with Crippen LogP contribution in [-0.2, 0) is 14.3 Å². The minimum atomic E-state index is -0.399. The van der Waals surface area contributed by atoms with E-state index in [0.717, 1.165) is 12.8 Å². The second kappa shape index (κ2) is 8.37. The van der Waals surface area contributed by atoms with E-state index < -0.39 is 6.04 Å². The normalized spacial score (nSPS) is 25.7. The Morgan fingerprint density at radius 1 is 1.14 bits per heavy atom. The van der Waals surface area contributed by atoms with Gasteiger partial charge in [-0.1, -0.05) is 40.5 Å². The number of amides is 2. The fourth-order valence-electron chi connectivity index (χ4n) is 2.72. The summed E-state index contributed by atoms with van der Waals surface area (Å²) in [4.78, 5) is 27.0. The van der Waals surface area contributed by atoms with Crippen molar-refractivity contribution in [3.8, 4) is 0 Å². The zero-order chi connectivity index (χ0) is 16.0. The number of nitrogens with one attached hydrogen (secondary N) is 1. The zero-order valence-corrected chi connectivity index (χ0v) is 14.0. The molecular weight excluding hydrogens is 268 g/mol. The fourth-order valence-corrected chi connectivity index (χ4v) is 2.72. The summed E-state index contributed by atoms with van der Waals surface area (Å²) < 4.78 is 5.38. The predicted octanol–water partition coefficient (Wildman–Crippen LogP) is 1.81. The number of carbonyl (C=O) groups excluding carboxylic acids is 2. The van der Waals surface area contributed by atoms with E-state index in [2.05, 4.69) is 5.32 Å². The highest BCUT2D eigenvalue weighted by molar-refractivity contribution is 5.97. The van der Waals surface area contributed by atoms with Crippen molar-refractivity contribution in [2.45, 2.75) is 59.5 Å². The Kier molecular flexibility index (Phi) is 7.15. The van der Waals surface area contributed by atoms with Crippen molar-refractivity contribution in [3.63, 3.8) is 0 Å². The Labute approximate surface area is 128 Å². The SMILES string of the molecule is CCOCCN1C(=O)C(C(C)CC)NC(=O)C1C(C)CC. The smallest absolute Gasteiger partial charge is 0.246 e. The molecule has 21 heavy (non-hydrogen) atoms. The fraction of sp³-hybridized carbons (Fsp3) is 0.875. The maximum absolute atomic E-state index is 12.8. The van der Waals surface area contributed by atoms with Crippen LogP contribution >= 0.6 is 0 Å². The molecule has 1 aliphatic rings. The molecule has 4 unspecified atom stereocenters. The minimum Gasteiger partial charge on any atom is -0.380 e. The third-order valence-electron chi connectivity index (χ3n) is 4.53. The van der Waals surface area contributed by atoms with Crippen LogP contribution in [-0.4, -0.2) is 48.6 Å². The lowest BCUT2D eigenvalue weighted by Crippen LogP contribution is -2.66. The van der Waals surface area contributed by atoms with E-state index in [4.69, 9.17) is 4.74 Å². The lowest BCUT2D eigenvalue weighted by molar-refractivity contribution is -0.153. The van der Waals surface area contributed by atoms with Crippen LogP contribution in [0.15, 0.2) is 0 Å². The molecule has 0 bridgehead atoms. The van der Waals surface area contributed by atoms with Gasteiger partial charge in [-0.15, -0.1) is 0 Å². The molecule has 2 amide bonds. The van der Waals surface area contributed by atoms with Crippen molar-refractivity contribution in [3.05, 3.63) is 0 Å². The number of hydrogen-bond acceptors (Lipinski definition) is 3. The summed E-state index contributed by atoms with van der Waals surface area (Å²) in [6, 6.07) is -0.771.